The van der Waals surface area contributed by atoms with E-state index in [1.165, 1.54) is 51.5 Å². The Morgan fingerprint density at radius 1 is 0.958 bits per heavy atom. The van der Waals surface area contributed by atoms with Gasteiger partial charge in [-0.2, -0.15) is 0 Å². The van der Waals surface area contributed by atoms with E-state index < -0.39 is 0 Å². The van der Waals surface area contributed by atoms with Gasteiger partial charge in [-0.3, -0.25) is 9.69 Å². The second-order valence-electron chi connectivity index (χ2n) is 7.57. The quantitative estimate of drug-likeness (QED) is 0.833. The van der Waals surface area contributed by atoms with Crippen LogP contribution in [0.1, 0.15) is 69.6 Å². The standard InChI is InChI=1S/C18H29N5O/c1-14(24)21-11-9-17-19-20-18(23(17)13-12-21)16-8-5-10-22(16)15-6-3-2-4-7-15/h15-16H,2-13H2,1H3/t16-/m0/s1. The molecule has 0 bridgehead atoms. The van der Waals surface area contributed by atoms with E-state index >= 15 is 0 Å². The fourth-order valence-electron chi connectivity index (χ4n) is 4.82. The van der Waals surface area contributed by atoms with Gasteiger partial charge in [-0.05, 0) is 32.2 Å². The van der Waals surface area contributed by atoms with Crippen molar-refractivity contribution in [3.8, 4) is 0 Å². The predicted octanol–water partition coefficient (Wildman–Crippen LogP) is 2.15. The Morgan fingerprint density at radius 3 is 2.58 bits per heavy atom. The summed E-state index contributed by atoms with van der Waals surface area (Å²) in [7, 11) is 0. The maximum absolute atomic E-state index is 11.7. The largest absolute Gasteiger partial charge is 0.341 e. The first kappa shape index (κ1) is 16.1. The highest BCUT2D eigenvalue weighted by atomic mass is 16.2. The van der Waals surface area contributed by atoms with Crippen molar-refractivity contribution >= 4 is 5.91 Å². The fraction of sp³-hybridized carbons (Fsp3) is 0.833. The van der Waals surface area contributed by atoms with E-state index in [2.05, 4.69) is 19.7 Å². The lowest BCUT2D eigenvalue weighted by Gasteiger charge is -2.35. The third kappa shape index (κ3) is 2.96. The summed E-state index contributed by atoms with van der Waals surface area (Å²) in [6.45, 7) is 5.26. The van der Waals surface area contributed by atoms with Gasteiger partial charge in [-0.15, -0.1) is 10.2 Å². The molecule has 1 atom stereocenters. The van der Waals surface area contributed by atoms with Crippen LogP contribution < -0.4 is 0 Å². The number of fused-ring (bicyclic) bond motifs is 1. The minimum absolute atomic E-state index is 0.167. The van der Waals surface area contributed by atoms with E-state index in [4.69, 9.17) is 0 Å². The van der Waals surface area contributed by atoms with Gasteiger partial charge in [-0.25, -0.2) is 0 Å². The molecule has 0 aromatic carbocycles. The number of nitrogens with zero attached hydrogens (tertiary/aromatic N) is 5. The van der Waals surface area contributed by atoms with Crippen LogP contribution in [0.2, 0.25) is 0 Å². The van der Waals surface area contributed by atoms with E-state index in [0.717, 1.165) is 43.7 Å². The molecule has 6 nitrogen and oxygen atoms in total. The number of hydrogen-bond acceptors (Lipinski definition) is 4. The van der Waals surface area contributed by atoms with Gasteiger partial charge in [0, 0.05) is 39.0 Å². The molecule has 2 aliphatic heterocycles. The SMILES string of the molecule is CC(=O)N1CCc2nnc([C@@H]3CCCN3C3CCCCC3)n2CC1. The molecule has 0 spiro atoms. The van der Waals surface area contributed by atoms with Crippen LogP contribution in [-0.4, -0.2) is 56.1 Å². The van der Waals surface area contributed by atoms with E-state index in [9.17, 15) is 4.79 Å². The maximum Gasteiger partial charge on any atom is 0.219 e. The highest BCUT2D eigenvalue weighted by Gasteiger charge is 2.36. The highest BCUT2D eigenvalue weighted by Crippen LogP contribution is 2.37. The summed E-state index contributed by atoms with van der Waals surface area (Å²) in [5.74, 6) is 2.38. The zero-order valence-electron chi connectivity index (χ0n) is 14.8. The number of amides is 1. The van der Waals surface area contributed by atoms with Crippen molar-refractivity contribution in [2.75, 3.05) is 19.6 Å². The van der Waals surface area contributed by atoms with E-state index in [0.29, 0.717) is 6.04 Å². The summed E-state index contributed by atoms with van der Waals surface area (Å²) in [5, 5.41) is 9.09. The summed E-state index contributed by atoms with van der Waals surface area (Å²) in [5.41, 5.74) is 0. The molecule has 1 saturated carbocycles. The third-order valence-corrected chi connectivity index (χ3v) is 6.14. The maximum atomic E-state index is 11.7. The van der Waals surface area contributed by atoms with Crippen molar-refractivity contribution in [3.05, 3.63) is 11.6 Å². The van der Waals surface area contributed by atoms with Gasteiger partial charge in [0.1, 0.15) is 11.6 Å². The van der Waals surface area contributed by atoms with E-state index in [1.54, 1.807) is 6.92 Å². The van der Waals surface area contributed by atoms with Crippen LogP contribution in [0.3, 0.4) is 0 Å². The predicted molar refractivity (Wildman–Crippen MR) is 91.5 cm³/mol. The highest BCUT2D eigenvalue weighted by molar-refractivity contribution is 5.73. The molecule has 3 heterocycles. The molecule has 132 valence electrons. The van der Waals surface area contributed by atoms with Crippen molar-refractivity contribution in [2.24, 2.45) is 0 Å². The molecule has 1 amide bonds. The number of rotatable bonds is 2. The van der Waals surface area contributed by atoms with Gasteiger partial charge in [0.2, 0.25) is 5.91 Å². The zero-order chi connectivity index (χ0) is 16.5. The molecule has 2 fully saturated rings. The second kappa shape index (κ2) is 6.82. The lowest BCUT2D eigenvalue weighted by atomic mass is 9.93. The first-order valence-electron chi connectivity index (χ1n) is 9.67. The van der Waals surface area contributed by atoms with Crippen molar-refractivity contribution in [3.63, 3.8) is 0 Å². The van der Waals surface area contributed by atoms with Crippen LogP contribution in [0.4, 0.5) is 0 Å². The lowest BCUT2D eigenvalue weighted by Crippen LogP contribution is -2.37. The molecule has 6 heteroatoms. The van der Waals surface area contributed by atoms with Crippen molar-refractivity contribution in [2.45, 2.75) is 76.9 Å². The van der Waals surface area contributed by atoms with E-state index in [1.807, 2.05) is 4.90 Å². The normalized spacial score (nSPS) is 26.4. The van der Waals surface area contributed by atoms with Crippen LogP contribution in [0.15, 0.2) is 0 Å². The van der Waals surface area contributed by atoms with Crippen LogP contribution in [0, 0.1) is 0 Å². The Morgan fingerprint density at radius 2 is 1.79 bits per heavy atom. The molecule has 1 aromatic rings. The molecule has 0 radical (unpaired) electrons. The topological polar surface area (TPSA) is 54.3 Å². The Kier molecular flexibility index (Phi) is 4.57. The van der Waals surface area contributed by atoms with Crippen molar-refractivity contribution in [1.29, 1.82) is 0 Å². The smallest absolute Gasteiger partial charge is 0.219 e. The summed E-state index contributed by atoms with van der Waals surface area (Å²) < 4.78 is 2.31. The van der Waals surface area contributed by atoms with Gasteiger partial charge in [0.25, 0.3) is 0 Å². The van der Waals surface area contributed by atoms with Gasteiger partial charge < -0.3 is 9.47 Å². The molecule has 0 unspecified atom stereocenters. The number of carbonyl (C=O) groups excluding carboxylic acids is 1. The van der Waals surface area contributed by atoms with Gasteiger partial charge in [-0.1, -0.05) is 19.3 Å². The second-order valence-corrected chi connectivity index (χ2v) is 7.57. The van der Waals surface area contributed by atoms with E-state index in [-0.39, 0.29) is 5.91 Å². The molecule has 0 N–H and O–H groups in total. The average Bonchev–Trinajstić information content (AvgIpc) is 3.17. The molecule has 4 rings (SSSR count). The molecule has 1 aromatic heterocycles. The third-order valence-electron chi connectivity index (χ3n) is 6.14. The zero-order valence-corrected chi connectivity index (χ0v) is 14.8. The van der Waals surface area contributed by atoms with Crippen molar-refractivity contribution in [1.82, 2.24) is 24.6 Å². The monoisotopic (exact) mass is 331 g/mol. The number of hydrogen-bond donors (Lipinski definition) is 0. The van der Waals surface area contributed by atoms with Gasteiger partial charge in [0.05, 0.1) is 6.04 Å². The molecule has 1 saturated heterocycles. The number of aromatic nitrogens is 3. The molecule has 24 heavy (non-hydrogen) atoms. The summed E-state index contributed by atoms with van der Waals surface area (Å²) in [6, 6.07) is 1.16. The summed E-state index contributed by atoms with van der Waals surface area (Å²) in [4.78, 5) is 16.3. The summed E-state index contributed by atoms with van der Waals surface area (Å²) >= 11 is 0. The van der Waals surface area contributed by atoms with Crippen LogP contribution >= 0.6 is 0 Å². The Bertz CT molecular complexity index is 592. The molecular formula is C18H29N5O. The van der Waals surface area contributed by atoms with Gasteiger partial charge >= 0.3 is 0 Å². The fourth-order valence-corrected chi connectivity index (χ4v) is 4.82. The average molecular weight is 331 g/mol. The Hall–Kier alpha value is -1.43. The molecule has 1 aliphatic carbocycles. The Balaban J connectivity index is 1.54. The van der Waals surface area contributed by atoms with Crippen LogP contribution in [0.25, 0.3) is 0 Å². The first-order valence-corrected chi connectivity index (χ1v) is 9.67. The lowest BCUT2D eigenvalue weighted by molar-refractivity contribution is -0.128. The number of carbonyl (C=O) groups is 1. The van der Waals surface area contributed by atoms with Crippen LogP contribution in [-0.2, 0) is 17.8 Å². The number of likely N-dealkylation sites (tertiary alicyclic amines) is 1. The Labute approximate surface area is 144 Å². The van der Waals surface area contributed by atoms with Crippen molar-refractivity contribution < 1.29 is 4.79 Å². The molecule has 3 aliphatic rings. The first-order chi connectivity index (χ1) is 11.7. The van der Waals surface area contributed by atoms with Gasteiger partial charge in [0.15, 0.2) is 0 Å². The van der Waals surface area contributed by atoms with Crippen LogP contribution in [0.5, 0.6) is 0 Å². The minimum Gasteiger partial charge on any atom is -0.341 e. The molecular weight excluding hydrogens is 302 g/mol. The summed E-state index contributed by atoms with van der Waals surface area (Å²) in [6.07, 6.45) is 10.1. The minimum atomic E-state index is 0.167.